The topological polar surface area (TPSA) is 29.1 Å². The lowest BCUT2D eigenvalue weighted by Gasteiger charge is -2.15. The Bertz CT molecular complexity index is 657. The zero-order valence-electron chi connectivity index (χ0n) is 12.0. The molecule has 2 nitrogen and oxygen atoms in total. The minimum atomic E-state index is -0.310. The van der Waals surface area contributed by atoms with Crippen molar-refractivity contribution in [2.24, 2.45) is 0 Å². The van der Waals surface area contributed by atoms with Crippen molar-refractivity contribution in [3.05, 3.63) is 70.0 Å². The molecule has 0 bridgehead atoms. The van der Waals surface area contributed by atoms with Crippen molar-refractivity contribution in [2.75, 3.05) is 0 Å². The molecule has 0 saturated carbocycles. The maximum atomic E-state index is 13.2. The van der Waals surface area contributed by atoms with E-state index in [1.165, 1.54) is 12.1 Å². The fourth-order valence-electron chi connectivity index (χ4n) is 2.14. The second-order valence-electron chi connectivity index (χ2n) is 5.13. The van der Waals surface area contributed by atoms with E-state index in [4.69, 9.17) is 11.6 Å². The summed E-state index contributed by atoms with van der Waals surface area (Å²) in [6.07, 6.45) is 0.644. The van der Waals surface area contributed by atoms with Gasteiger partial charge in [-0.2, -0.15) is 0 Å². The van der Waals surface area contributed by atoms with Crippen molar-refractivity contribution in [3.63, 3.8) is 0 Å². The highest BCUT2D eigenvalue weighted by Crippen LogP contribution is 2.17. The maximum Gasteiger partial charge on any atom is 0.251 e. The summed E-state index contributed by atoms with van der Waals surface area (Å²) in [6, 6.07) is 11.8. The number of benzene rings is 2. The molecule has 1 unspecified atom stereocenters. The van der Waals surface area contributed by atoms with Crippen LogP contribution in [-0.2, 0) is 6.42 Å². The zero-order chi connectivity index (χ0) is 15.4. The fourth-order valence-corrected chi connectivity index (χ4v) is 2.35. The first-order valence-corrected chi connectivity index (χ1v) is 7.15. The van der Waals surface area contributed by atoms with Crippen molar-refractivity contribution < 1.29 is 9.18 Å². The Morgan fingerprint density at radius 2 is 2.00 bits per heavy atom. The summed E-state index contributed by atoms with van der Waals surface area (Å²) in [5.74, 6) is -0.520. The molecule has 2 aromatic carbocycles. The van der Waals surface area contributed by atoms with E-state index in [0.29, 0.717) is 22.6 Å². The highest BCUT2D eigenvalue weighted by atomic mass is 35.5. The lowest BCUT2D eigenvalue weighted by molar-refractivity contribution is 0.0940. The van der Waals surface area contributed by atoms with Crippen LogP contribution in [0.4, 0.5) is 4.39 Å². The van der Waals surface area contributed by atoms with Crippen LogP contribution in [0.5, 0.6) is 0 Å². The minimum absolute atomic E-state index is 0.0669. The Morgan fingerprint density at radius 3 is 2.67 bits per heavy atom. The maximum absolute atomic E-state index is 13.2. The average molecular weight is 306 g/mol. The van der Waals surface area contributed by atoms with E-state index in [9.17, 15) is 9.18 Å². The summed E-state index contributed by atoms with van der Waals surface area (Å²) < 4.78 is 13.2. The third-order valence-corrected chi connectivity index (χ3v) is 3.65. The normalized spacial score (nSPS) is 12.0. The van der Waals surface area contributed by atoms with Gasteiger partial charge in [-0.3, -0.25) is 4.79 Å². The third kappa shape index (κ3) is 4.05. The van der Waals surface area contributed by atoms with Gasteiger partial charge in [-0.1, -0.05) is 29.8 Å². The first kappa shape index (κ1) is 15.5. The molecule has 0 aliphatic carbocycles. The minimum Gasteiger partial charge on any atom is -0.349 e. The molecule has 0 spiro atoms. The fraction of sp³-hybridized carbons (Fsp3) is 0.235. The van der Waals surface area contributed by atoms with Gasteiger partial charge < -0.3 is 5.32 Å². The molecule has 21 heavy (non-hydrogen) atoms. The van der Waals surface area contributed by atoms with Gasteiger partial charge in [-0.05, 0) is 55.7 Å². The molecule has 0 fully saturated rings. The van der Waals surface area contributed by atoms with Crippen LogP contribution in [0.1, 0.15) is 28.4 Å². The number of carbonyl (C=O) groups excluding carboxylic acids is 1. The van der Waals surface area contributed by atoms with Crippen LogP contribution in [-0.4, -0.2) is 11.9 Å². The molecule has 1 amide bonds. The van der Waals surface area contributed by atoms with Crippen LogP contribution < -0.4 is 5.32 Å². The first-order chi connectivity index (χ1) is 9.97. The molecule has 0 aromatic heterocycles. The molecule has 4 heteroatoms. The van der Waals surface area contributed by atoms with Crippen LogP contribution in [0.2, 0.25) is 5.02 Å². The Morgan fingerprint density at radius 1 is 1.29 bits per heavy atom. The van der Waals surface area contributed by atoms with Crippen LogP contribution in [0, 0.1) is 12.7 Å². The largest absolute Gasteiger partial charge is 0.349 e. The van der Waals surface area contributed by atoms with Gasteiger partial charge in [0.25, 0.3) is 5.91 Å². The lowest BCUT2D eigenvalue weighted by Crippen LogP contribution is -2.34. The smallest absolute Gasteiger partial charge is 0.251 e. The van der Waals surface area contributed by atoms with Crippen molar-refractivity contribution in [3.8, 4) is 0 Å². The van der Waals surface area contributed by atoms with E-state index in [1.807, 2.05) is 31.2 Å². The van der Waals surface area contributed by atoms with E-state index in [0.717, 1.165) is 5.56 Å². The van der Waals surface area contributed by atoms with E-state index in [1.54, 1.807) is 13.0 Å². The van der Waals surface area contributed by atoms with Crippen LogP contribution >= 0.6 is 11.6 Å². The molecule has 2 rings (SSSR count). The monoisotopic (exact) mass is 305 g/mol. The quantitative estimate of drug-likeness (QED) is 0.903. The number of hydrogen-bond acceptors (Lipinski definition) is 1. The molecule has 0 aliphatic heterocycles. The van der Waals surface area contributed by atoms with E-state index in [2.05, 4.69) is 5.32 Å². The molecule has 1 N–H and O–H groups in total. The van der Waals surface area contributed by atoms with Crippen molar-refractivity contribution in [2.45, 2.75) is 26.3 Å². The van der Waals surface area contributed by atoms with E-state index < -0.39 is 0 Å². The molecular weight excluding hydrogens is 289 g/mol. The molecule has 1 atom stereocenters. The summed E-state index contributed by atoms with van der Waals surface area (Å²) in [5.41, 5.74) is 1.91. The van der Waals surface area contributed by atoms with E-state index in [-0.39, 0.29) is 17.8 Å². The second-order valence-corrected chi connectivity index (χ2v) is 5.54. The van der Waals surface area contributed by atoms with Gasteiger partial charge in [0.1, 0.15) is 5.82 Å². The summed E-state index contributed by atoms with van der Waals surface area (Å²) in [4.78, 5) is 12.1. The molecule has 0 saturated heterocycles. The van der Waals surface area contributed by atoms with Crippen molar-refractivity contribution >= 4 is 17.5 Å². The van der Waals surface area contributed by atoms with Gasteiger partial charge in [0.05, 0.1) is 0 Å². The zero-order valence-corrected chi connectivity index (χ0v) is 12.7. The Hall–Kier alpha value is -1.87. The number of amides is 1. The average Bonchev–Trinajstić information content (AvgIpc) is 2.44. The van der Waals surface area contributed by atoms with Gasteiger partial charge in [0.15, 0.2) is 0 Å². The first-order valence-electron chi connectivity index (χ1n) is 6.78. The summed E-state index contributed by atoms with van der Waals surface area (Å²) >= 11 is 6.11. The highest BCUT2D eigenvalue weighted by molar-refractivity contribution is 6.31. The predicted molar refractivity (Wildman–Crippen MR) is 83.2 cm³/mol. The summed E-state index contributed by atoms with van der Waals surface area (Å²) in [5, 5.41) is 3.59. The second kappa shape index (κ2) is 6.72. The Kier molecular flexibility index (Phi) is 4.97. The predicted octanol–water partition coefficient (Wildman–Crippen LogP) is 4.15. The Balaban J connectivity index is 2.02. The van der Waals surface area contributed by atoms with Crippen molar-refractivity contribution in [1.82, 2.24) is 5.32 Å². The number of aryl methyl sites for hydroxylation is 1. The van der Waals surface area contributed by atoms with Gasteiger partial charge >= 0.3 is 0 Å². The third-order valence-electron chi connectivity index (χ3n) is 3.28. The van der Waals surface area contributed by atoms with Gasteiger partial charge in [-0.15, -0.1) is 0 Å². The molecule has 0 radical (unpaired) electrons. The summed E-state index contributed by atoms with van der Waals surface area (Å²) in [7, 11) is 0. The number of rotatable bonds is 4. The van der Waals surface area contributed by atoms with Gasteiger partial charge in [-0.25, -0.2) is 4.39 Å². The molecule has 0 aliphatic rings. The molecule has 2 aromatic rings. The van der Waals surface area contributed by atoms with E-state index >= 15 is 0 Å². The Labute approximate surface area is 128 Å². The van der Waals surface area contributed by atoms with Crippen LogP contribution in [0.25, 0.3) is 0 Å². The SMILES string of the molecule is Cc1cc(C(=O)NC(C)Cc2ccccc2Cl)ccc1F. The van der Waals surface area contributed by atoms with Crippen LogP contribution in [0.3, 0.4) is 0 Å². The lowest BCUT2D eigenvalue weighted by atomic mass is 10.1. The summed E-state index contributed by atoms with van der Waals surface area (Å²) in [6.45, 7) is 3.55. The van der Waals surface area contributed by atoms with Gasteiger partial charge in [0, 0.05) is 16.6 Å². The standard InChI is InChI=1S/C17H17ClFNO/c1-11-9-14(7-8-16(11)19)17(21)20-12(2)10-13-5-3-4-6-15(13)18/h3-9,12H,10H2,1-2H3,(H,20,21). The number of hydrogen-bond donors (Lipinski definition) is 1. The van der Waals surface area contributed by atoms with Crippen LogP contribution in [0.15, 0.2) is 42.5 Å². The molecule has 110 valence electrons. The molecule has 0 heterocycles. The van der Waals surface area contributed by atoms with Gasteiger partial charge in [0.2, 0.25) is 0 Å². The number of halogens is 2. The number of nitrogens with one attached hydrogen (secondary N) is 1. The molecular formula is C17H17ClFNO. The highest BCUT2D eigenvalue weighted by Gasteiger charge is 2.12. The number of carbonyl (C=O) groups is 1. The van der Waals surface area contributed by atoms with Crippen molar-refractivity contribution in [1.29, 1.82) is 0 Å².